The zero-order chi connectivity index (χ0) is 15.8. The normalized spacial score (nSPS) is 21.6. The van der Waals surface area contributed by atoms with Gasteiger partial charge in [0.05, 0.1) is 23.8 Å². The van der Waals surface area contributed by atoms with Crippen LogP contribution in [0.15, 0.2) is 18.2 Å². The molecule has 0 aliphatic carbocycles. The maximum atomic E-state index is 12.7. The van der Waals surface area contributed by atoms with Gasteiger partial charge in [-0.3, -0.25) is 0 Å². The Morgan fingerprint density at radius 3 is 1.90 bits per heavy atom. The van der Waals surface area contributed by atoms with Crippen molar-refractivity contribution in [1.82, 2.24) is 0 Å². The van der Waals surface area contributed by atoms with Gasteiger partial charge in [-0.2, -0.15) is 26.3 Å². The predicted molar refractivity (Wildman–Crippen MR) is 60.3 cm³/mol. The fourth-order valence-electron chi connectivity index (χ4n) is 2.22. The molecule has 0 radical (unpaired) electrons. The zero-order valence-corrected chi connectivity index (χ0v) is 10.6. The van der Waals surface area contributed by atoms with Gasteiger partial charge in [-0.1, -0.05) is 0 Å². The van der Waals surface area contributed by atoms with Crippen LogP contribution >= 0.6 is 0 Å². The van der Waals surface area contributed by atoms with Gasteiger partial charge in [0.1, 0.15) is 0 Å². The summed E-state index contributed by atoms with van der Waals surface area (Å²) >= 11 is 0. The predicted octanol–water partition coefficient (Wildman–Crippen LogP) is 3.79. The Kier molecular flexibility index (Phi) is 4.21. The Morgan fingerprint density at radius 2 is 1.52 bits per heavy atom. The maximum absolute atomic E-state index is 12.7. The summed E-state index contributed by atoms with van der Waals surface area (Å²) in [7, 11) is 0. The van der Waals surface area contributed by atoms with Crippen molar-refractivity contribution in [1.29, 1.82) is 0 Å². The Balaban J connectivity index is 2.44. The molecule has 1 aromatic rings. The molecule has 2 rings (SSSR count). The SMILES string of the molecule is OC(c1cc(C(F)(F)F)cc(C(F)(F)F)c1)C1CCOC1. The molecule has 1 N–H and O–H groups in total. The number of hydrogen-bond acceptors (Lipinski definition) is 2. The number of benzene rings is 1. The van der Waals surface area contributed by atoms with Crippen LogP contribution in [0.2, 0.25) is 0 Å². The Morgan fingerprint density at radius 1 is 1.00 bits per heavy atom. The third-order valence-corrected chi connectivity index (χ3v) is 3.36. The van der Waals surface area contributed by atoms with E-state index in [1.54, 1.807) is 0 Å². The van der Waals surface area contributed by atoms with Crippen LogP contribution in [-0.4, -0.2) is 18.3 Å². The number of aliphatic hydroxyl groups excluding tert-OH is 1. The molecule has 0 spiro atoms. The summed E-state index contributed by atoms with van der Waals surface area (Å²) < 4.78 is 81.2. The topological polar surface area (TPSA) is 29.5 Å². The molecule has 0 saturated carbocycles. The summed E-state index contributed by atoms with van der Waals surface area (Å²) in [6, 6.07) is 1.15. The van der Waals surface area contributed by atoms with E-state index in [1.165, 1.54) is 0 Å². The first-order valence-corrected chi connectivity index (χ1v) is 6.14. The highest BCUT2D eigenvalue weighted by molar-refractivity contribution is 5.35. The monoisotopic (exact) mass is 314 g/mol. The van der Waals surface area contributed by atoms with Crippen LogP contribution in [0, 0.1) is 5.92 Å². The third-order valence-electron chi connectivity index (χ3n) is 3.36. The molecule has 1 aromatic carbocycles. The summed E-state index contributed by atoms with van der Waals surface area (Å²) in [5.41, 5.74) is -3.25. The molecular formula is C13H12F6O2. The number of aliphatic hydroxyl groups is 1. The minimum atomic E-state index is -4.91. The standard InChI is InChI=1S/C13H12F6O2/c14-12(15,16)9-3-8(4-10(5-9)13(17,18)19)11(20)7-1-2-21-6-7/h3-5,7,11,20H,1-2,6H2. The highest BCUT2D eigenvalue weighted by Gasteiger charge is 2.38. The molecule has 1 aliphatic rings. The zero-order valence-electron chi connectivity index (χ0n) is 10.6. The van der Waals surface area contributed by atoms with Crippen LogP contribution in [0.25, 0.3) is 0 Å². The van der Waals surface area contributed by atoms with Crippen LogP contribution < -0.4 is 0 Å². The summed E-state index contributed by atoms with van der Waals surface area (Å²) in [4.78, 5) is 0. The molecule has 1 heterocycles. The second kappa shape index (κ2) is 5.49. The average molecular weight is 314 g/mol. The van der Waals surface area contributed by atoms with Crippen LogP contribution in [-0.2, 0) is 17.1 Å². The van der Waals surface area contributed by atoms with Gasteiger partial charge in [0, 0.05) is 12.5 Å². The van der Waals surface area contributed by atoms with Gasteiger partial charge in [0.2, 0.25) is 0 Å². The molecule has 1 aliphatic heterocycles. The molecule has 0 aromatic heterocycles. The lowest BCUT2D eigenvalue weighted by atomic mass is 9.92. The number of halogens is 6. The lowest BCUT2D eigenvalue weighted by Gasteiger charge is -2.20. The van der Waals surface area contributed by atoms with Crippen LogP contribution in [0.1, 0.15) is 29.2 Å². The summed E-state index contributed by atoms with van der Waals surface area (Å²) in [6.07, 6.45) is -10.9. The van der Waals surface area contributed by atoms with E-state index >= 15 is 0 Å². The van der Waals surface area contributed by atoms with E-state index in [4.69, 9.17) is 4.74 Å². The Bertz CT molecular complexity index is 470. The largest absolute Gasteiger partial charge is 0.416 e. The van der Waals surface area contributed by atoms with Crippen molar-refractivity contribution < 1.29 is 36.2 Å². The first kappa shape index (κ1) is 16.1. The van der Waals surface area contributed by atoms with E-state index in [2.05, 4.69) is 0 Å². The fourth-order valence-corrected chi connectivity index (χ4v) is 2.22. The smallest absolute Gasteiger partial charge is 0.388 e. The first-order valence-electron chi connectivity index (χ1n) is 6.14. The van der Waals surface area contributed by atoms with Gasteiger partial charge in [-0.05, 0) is 30.2 Å². The highest BCUT2D eigenvalue weighted by atomic mass is 19.4. The fraction of sp³-hybridized carbons (Fsp3) is 0.538. The molecular weight excluding hydrogens is 302 g/mol. The molecule has 1 fully saturated rings. The van der Waals surface area contributed by atoms with Crippen molar-refractivity contribution in [3.05, 3.63) is 34.9 Å². The average Bonchev–Trinajstić information content (AvgIpc) is 2.89. The van der Waals surface area contributed by atoms with Crippen molar-refractivity contribution in [2.24, 2.45) is 5.92 Å². The number of hydrogen-bond donors (Lipinski definition) is 1. The lowest BCUT2D eigenvalue weighted by molar-refractivity contribution is -0.143. The Labute approximate surface area is 116 Å². The third kappa shape index (κ3) is 3.68. The van der Waals surface area contributed by atoms with Gasteiger partial charge < -0.3 is 9.84 Å². The number of rotatable bonds is 2. The molecule has 0 amide bonds. The molecule has 1 saturated heterocycles. The van der Waals surface area contributed by atoms with Crippen molar-refractivity contribution in [3.8, 4) is 0 Å². The summed E-state index contributed by atoms with van der Waals surface area (Å²) in [6.45, 7) is 0.436. The van der Waals surface area contributed by atoms with Crippen molar-refractivity contribution >= 4 is 0 Å². The lowest BCUT2D eigenvalue weighted by Crippen LogP contribution is -2.17. The molecule has 2 unspecified atom stereocenters. The van der Waals surface area contributed by atoms with Crippen molar-refractivity contribution in [2.75, 3.05) is 13.2 Å². The second-order valence-electron chi connectivity index (χ2n) is 4.91. The van der Waals surface area contributed by atoms with Gasteiger partial charge in [0.15, 0.2) is 0 Å². The molecule has 0 bridgehead atoms. The van der Waals surface area contributed by atoms with Gasteiger partial charge in [-0.25, -0.2) is 0 Å². The van der Waals surface area contributed by atoms with Crippen LogP contribution in [0.4, 0.5) is 26.3 Å². The van der Waals surface area contributed by atoms with Crippen LogP contribution in [0.3, 0.4) is 0 Å². The van der Waals surface area contributed by atoms with E-state index in [0.717, 1.165) is 0 Å². The van der Waals surface area contributed by atoms with Gasteiger partial charge >= 0.3 is 12.4 Å². The van der Waals surface area contributed by atoms with E-state index in [-0.39, 0.29) is 12.7 Å². The highest BCUT2D eigenvalue weighted by Crippen LogP contribution is 2.39. The van der Waals surface area contributed by atoms with Crippen molar-refractivity contribution in [2.45, 2.75) is 24.9 Å². The molecule has 2 atom stereocenters. The minimum Gasteiger partial charge on any atom is -0.388 e. The maximum Gasteiger partial charge on any atom is 0.416 e. The first-order chi connectivity index (χ1) is 9.59. The van der Waals surface area contributed by atoms with E-state index in [1.807, 2.05) is 0 Å². The van der Waals surface area contributed by atoms with E-state index < -0.39 is 41.1 Å². The second-order valence-corrected chi connectivity index (χ2v) is 4.91. The summed E-state index contributed by atoms with van der Waals surface area (Å²) in [5, 5.41) is 9.99. The number of alkyl halides is 6. The molecule has 8 heteroatoms. The van der Waals surface area contributed by atoms with E-state index in [9.17, 15) is 31.4 Å². The number of ether oxygens (including phenoxy) is 1. The van der Waals surface area contributed by atoms with Gasteiger partial charge in [0.25, 0.3) is 0 Å². The molecule has 2 nitrogen and oxygen atoms in total. The van der Waals surface area contributed by atoms with Crippen LogP contribution in [0.5, 0.6) is 0 Å². The molecule has 118 valence electrons. The summed E-state index contributed by atoms with van der Waals surface area (Å²) in [5.74, 6) is -0.505. The quantitative estimate of drug-likeness (QED) is 0.842. The van der Waals surface area contributed by atoms with Gasteiger partial charge in [-0.15, -0.1) is 0 Å². The Hall–Kier alpha value is -1.28. The molecule has 21 heavy (non-hydrogen) atoms. The van der Waals surface area contributed by atoms with E-state index in [0.29, 0.717) is 25.2 Å². The van der Waals surface area contributed by atoms with Crippen molar-refractivity contribution in [3.63, 3.8) is 0 Å². The minimum absolute atomic E-state index is 0.0430.